The number of hydrogen-bond acceptors (Lipinski definition) is 7. The van der Waals surface area contributed by atoms with E-state index in [0.717, 1.165) is 42.8 Å². The van der Waals surface area contributed by atoms with E-state index in [1.807, 2.05) is 47.4 Å². The maximum absolute atomic E-state index is 12.7. The van der Waals surface area contributed by atoms with Crippen LogP contribution in [0.3, 0.4) is 0 Å². The first-order valence-electron chi connectivity index (χ1n) is 12.3. The van der Waals surface area contributed by atoms with Crippen LogP contribution in [-0.4, -0.2) is 59.4 Å². The van der Waals surface area contributed by atoms with E-state index < -0.39 is 0 Å². The second-order valence-corrected chi connectivity index (χ2v) is 9.17. The lowest BCUT2D eigenvalue weighted by molar-refractivity contribution is -0.132. The molecule has 9 nitrogen and oxygen atoms in total. The average Bonchev–Trinajstić information content (AvgIpc) is 3.45. The zero-order valence-electron chi connectivity index (χ0n) is 19.9. The van der Waals surface area contributed by atoms with E-state index in [2.05, 4.69) is 4.98 Å². The summed E-state index contributed by atoms with van der Waals surface area (Å²) in [6, 6.07) is 15.0. The number of rotatable bonds is 6. The Morgan fingerprint density at radius 2 is 1.86 bits per heavy atom. The summed E-state index contributed by atoms with van der Waals surface area (Å²) >= 11 is 0. The van der Waals surface area contributed by atoms with Crippen LogP contribution in [0.25, 0.3) is 11.3 Å². The van der Waals surface area contributed by atoms with E-state index >= 15 is 0 Å². The van der Waals surface area contributed by atoms with Gasteiger partial charge in [-0.25, -0.2) is 4.79 Å². The molecule has 36 heavy (non-hydrogen) atoms. The van der Waals surface area contributed by atoms with E-state index in [0.29, 0.717) is 36.8 Å². The molecule has 0 N–H and O–H groups in total. The van der Waals surface area contributed by atoms with E-state index in [9.17, 15) is 9.59 Å². The van der Waals surface area contributed by atoms with Crippen molar-refractivity contribution in [3.8, 4) is 34.4 Å². The van der Waals surface area contributed by atoms with Gasteiger partial charge in [0.25, 0.3) is 5.91 Å². The van der Waals surface area contributed by atoms with Gasteiger partial charge in [0.05, 0.1) is 5.69 Å². The normalized spacial score (nSPS) is 17.8. The minimum Gasteiger partial charge on any atom is -0.486 e. The Balaban J connectivity index is 1.15. The molecule has 1 amide bonds. The fourth-order valence-corrected chi connectivity index (χ4v) is 4.87. The molecular weight excluding hydrogens is 462 g/mol. The summed E-state index contributed by atoms with van der Waals surface area (Å²) < 4.78 is 25.0. The van der Waals surface area contributed by atoms with Gasteiger partial charge in [-0.3, -0.25) is 9.36 Å². The fraction of sp³-hybridized carbons (Fsp3) is 0.370. The lowest BCUT2D eigenvalue weighted by Crippen LogP contribution is -2.35. The molecule has 1 saturated heterocycles. The number of nitrogens with zero attached hydrogens (tertiary/aromatic N) is 3. The molecule has 0 radical (unpaired) electrons. The molecule has 3 aromatic rings. The molecule has 3 aliphatic rings. The number of fused-ring (bicyclic) bond motifs is 4. The third-order valence-corrected chi connectivity index (χ3v) is 6.75. The fourth-order valence-electron chi connectivity index (χ4n) is 4.87. The molecule has 9 heteroatoms. The predicted octanol–water partition coefficient (Wildman–Crippen LogP) is 2.69. The van der Waals surface area contributed by atoms with Gasteiger partial charge in [-0.2, -0.15) is 4.98 Å². The van der Waals surface area contributed by atoms with Crippen molar-refractivity contribution in [2.24, 2.45) is 0 Å². The summed E-state index contributed by atoms with van der Waals surface area (Å²) in [5, 5.41) is 0. The Kier molecular flexibility index (Phi) is 5.96. The van der Waals surface area contributed by atoms with Crippen LogP contribution in [0.15, 0.2) is 53.3 Å². The smallest absolute Gasteiger partial charge is 0.351 e. The molecule has 0 bridgehead atoms. The minimum atomic E-state index is -0.351. The second kappa shape index (κ2) is 9.56. The Labute approximate surface area is 208 Å². The van der Waals surface area contributed by atoms with Crippen molar-refractivity contribution < 1.29 is 23.7 Å². The van der Waals surface area contributed by atoms with Gasteiger partial charge in [-0.1, -0.05) is 12.1 Å². The van der Waals surface area contributed by atoms with E-state index in [-0.39, 0.29) is 36.8 Å². The highest BCUT2D eigenvalue weighted by Gasteiger charge is 2.24. The minimum absolute atomic E-state index is 0.0193. The van der Waals surface area contributed by atoms with Crippen LogP contribution in [0.5, 0.6) is 23.1 Å². The summed E-state index contributed by atoms with van der Waals surface area (Å²) in [5.41, 5.74) is 2.38. The quantitative estimate of drug-likeness (QED) is 0.526. The SMILES string of the molecule is O=C(COc1ccc2c(c1)CCn1c-2cc(OCC2COc3ccccc3O2)nc1=O)N1CCCC1. The highest BCUT2D eigenvalue weighted by Crippen LogP contribution is 2.33. The molecule has 1 aromatic heterocycles. The van der Waals surface area contributed by atoms with Crippen molar-refractivity contribution in [3.63, 3.8) is 0 Å². The zero-order valence-corrected chi connectivity index (χ0v) is 19.9. The Hall–Kier alpha value is -4.01. The lowest BCUT2D eigenvalue weighted by Gasteiger charge is -2.26. The van der Waals surface area contributed by atoms with Gasteiger partial charge >= 0.3 is 5.69 Å². The third kappa shape index (κ3) is 4.48. The van der Waals surface area contributed by atoms with E-state index in [1.165, 1.54) is 0 Å². The van der Waals surface area contributed by atoms with Crippen molar-refractivity contribution in [2.75, 3.05) is 32.9 Å². The molecule has 0 aliphatic carbocycles. The monoisotopic (exact) mass is 489 g/mol. The molecule has 0 saturated carbocycles. The summed E-state index contributed by atoms with van der Waals surface area (Å²) in [5.74, 6) is 2.30. The number of hydrogen-bond donors (Lipinski definition) is 0. The van der Waals surface area contributed by atoms with Gasteiger partial charge in [-0.05, 0) is 55.2 Å². The van der Waals surface area contributed by atoms with Gasteiger partial charge in [-0.15, -0.1) is 0 Å². The van der Waals surface area contributed by atoms with Crippen molar-refractivity contribution >= 4 is 5.91 Å². The van der Waals surface area contributed by atoms with Gasteiger partial charge in [0.1, 0.15) is 19.0 Å². The van der Waals surface area contributed by atoms with Gasteiger partial charge in [0.2, 0.25) is 5.88 Å². The van der Waals surface area contributed by atoms with Gasteiger partial charge < -0.3 is 23.8 Å². The first kappa shape index (κ1) is 22.5. The zero-order chi connectivity index (χ0) is 24.5. The van der Waals surface area contributed by atoms with Gasteiger partial charge in [0, 0.05) is 31.3 Å². The van der Waals surface area contributed by atoms with Crippen LogP contribution >= 0.6 is 0 Å². The molecule has 2 aromatic carbocycles. The number of benzene rings is 2. The third-order valence-electron chi connectivity index (χ3n) is 6.75. The number of aromatic nitrogens is 2. The van der Waals surface area contributed by atoms with Crippen molar-refractivity contribution in [1.29, 1.82) is 0 Å². The number of aryl methyl sites for hydroxylation is 1. The lowest BCUT2D eigenvalue weighted by atomic mass is 9.97. The molecule has 1 fully saturated rings. The van der Waals surface area contributed by atoms with Crippen LogP contribution in [0.1, 0.15) is 18.4 Å². The molecule has 6 rings (SSSR count). The van der Waals surface area contributed by atoms with E-state index in [1.54, 1.807) is 10.6 Å². The average molecular weight is 490 g/mol. The predicted molar refractivity (Wildman–Crippen MR) is 131 cm³/mol. The first-order chi connectivity index (χ1) is 17.6. The maximum Gasteiger partial charge on any atom is 0.351 e. The van der Waals surface area contributed by atoms with Gasteiger partial charge in [0.15, 0.2) is 24.2 Å². The highest BCUT2D eigenvalue weighted by atomic mass is 16.6. The standard InChI is InChI=1S/C27H27N3O6/c31-26(29-10-3-4-11-29)17-33-19-7-8-21-18(13-19)9-12-30-22(21)14-25(28-27(30)32)35-16-20-15-34-23-5-1-2-6-24(23)36-20/h1-2,5-8,13-14,20H,3-4,9-12,15-17H2. The Bertz CT molecular complexity index is 1350. The molecule has 186 valence electrons. The summed E-state index contributed by atoms with van der Waals surface area (Å²) in [4.78, 5) is 31.0. The molecule has 3 aliphatic heterocycles. The van der Waals surface area contributed by atoms with Crippen LogP contribution in [0, 0.1) is 0 Å². The largest absolute Gasteiger partial charge is 0.486 e. The van der Waals surface area contributed by atoms with Crippen molar-refractivity contribution in [3.05, 3.63) is 64.6 Å². The molecule has 4 heterocycles. The number of para-hydroxylation sites is 2. The number of carbonyl (C=O) groups excluding carboxylic acids is 1. The number of carbonyl (C=O) groups is 1. The topological polar surface area (TPSA) is 92.1 Å². The Morgan fingerprint density at radius 3 is 2.72 bits per heavy atom. The molecule has 0 spiro atoms. The van der Waals surface area contributed by atoms with Crippen LogP contribution in [0.4, 0.5) is 0 Å². The maximum atomic E-state index is 12.7. The molecular formula is C27H27N3O6. The van der Waals surface area contributed by atoms with Crippen molar-refractivity contribution in [2.45, 2.75) is 31.9 Å². The van der Waals surface area contributed by atoms with Crippen LogP contribution in [0.2, 0.25) is 0 Å². The number of likely N-dealkylation sites (tertiary alicyclic amines) is 1. The first-order valence-corrected chi connectivity index (χ1v) is 12.3. The summed E-state index contributed by atoms with van der Waals surface area (Å²) in [6.45, 7) is 2.73. The van der Waals surface area contributed by atoms with Crippen molar-refractivity contribution in [1.82, 2.24) is 14.5 Å². The number of ether oxygens (including phenoxy) is 4. The van der Waals surface area contributed by atoms with E-state index in [4.69, 9.17) is 18.9 Å². The second-order valence-electron chi connectivity index (χ2n) is 9.17. The number of amides is 1. The highest BCUT2D eigenvalue weighted by molar-refractivity contribution is 5.78. The van der Waals surface area contributed by atoms with Crippen LogP contribution < -0.4 is 24.6 Å². The van der Waals surface area contributed by atoms with Crippen LogP contribution in [-0.2, 0) is 17.8 Å². The summed E-state index contributed by atoms with van der Waals surface area (Å²) in [6.07, 6.45) is 2.47. The molecule has 1 atom stereocenters. The Morgan fingerprint density at radius 1 is 1.03 bits per heavy atom. The molecule has 1 unspecified atom stereocenters. The summed E-state index contributed by atoms with van der Waals surface area (Å²) in [7, 11) is 0.